The average Bonchev–Trinajstić information content (AvgIpc) is 0.927. The average molecular weight is 1240 g/mol. The molecular formula is C62H40F16N4O6. The second-order valence-electron chi connectivity index (χ2n) is 17.6. The maximum atomic E-state index is 14.0. The molecule has 0 aromatic heterocycles. The summed E-state index contributed by atoms with van der Waals surface area (Å²) in [5.74, 6) is -30.8. The van der Waals surface area contributed by atoms with Gasteiger partial charge in [0, 0.05) is 12.4 Å². The van der Waals surface area contributed by atoms with Crippen molar-refractivity contribution in [3.8, 4) is 23.0 Å². The van der Waals surface area contributed by atoms with Gasteiger partial charge in [-0.15, -0.1) is 0 Å². The Morgan fingerprint density at radius 2 is 0.580 bits per heavy atom. The molecule has 8 rings (SSSR count). The number of amides is 2. The molecule has 0 aliphatic carbocycles. The molecule has 0 aliphatic heterocycles. The number of aromatic hydroxyl groups is 4. The molecule has 456 valence electrons. The van der Waals surface area contributed by atoms with Crippen LogP contribution in [0.2, 0.25) is 0 Å². The second-order valence-corrected chi connectivity index (χ2v) is 17.6. The molecule has 0 unspecified atom stereocenters. The van der Waals surface area contributed by atoms with E-state index >= 15 is 0 Å². The highest BCUT2D eigenvalue weighted by atomic mass is 19.2. The molecule has 10 nitrogen and oxygen atoms in total. The van der Waals surface area contributed by atoms with E-state index in [9.17, 15) is 100 Å². The zero-order valence-electron chi connectivity index (χ0n) is 44.9. The number of phenolic OH excluding ortho intramolecular Hbond substituents is 4. The van der Waals surface area contributed by atoms with Gasteiger partial charge in [-0.05, 0) is 73.5 Å². The maximum Gasteiger partial charge on any atom is 0.261 e. The van der Waals surface area contributed by atoms with Crippen molar-refractivity contribution in [1.29, 1.82) is 0 Å². The van der Waals surface area contributed by atoms with Gasteiger partial charge in [-0.2, -0.15) is 0 Å². The first-order chi connectivity index (χ1) is 41.4. The summed E-state index contributed by atoms with van der Waals surface area (Å²) in [4.78, 5) is 31.1. The summed E-state index contributed by atoms with van der Waals surface area (Å²) in [6.45, 7) is 15.1. The quantitative estimate of drug-likeness (QED) is 0.0309. The molecule has 0 atom stereocenters. The zero-order chi connectivity index (χ0) is 65.8. The normalized spacial score (nSPS) is 10.8. The Morgan fingerprint density at radius 3 is 0.864 bits per heavy atom. The molecule has 8 aromatic carbocycles. The van der Waals surface area contributed by atoms with E-state index in [2.05, 4.69) is 36.3 Å². The fourth-order valence-electron chi connectivity index (χ4n) is 7.27. The number of carbonyl (C=O) groups is 2. The van der Waals surface area contributed by atoms with Crippen molar-refractivity contribution < 1.29 is 100 Å². The lowest BCUT2D eigenvalue weighted by atomic mass is 10.0. The van der Waals surface area contributed by atoms with Gasteiger partial charge in [-0.1, -0.05) is 87.0 Å². The predicted molar refractivity (Wildman–Crippen MR) is 298 cm³/mol. The maximum absolute atomic E-state index is 14.0. The van der Waals surface area contributed by atoms with Crippen LogP contribution < -0.4 is 10.6 Å². The Balaban J connectivity index is 0.000000214. The van der Waals surface area contributed by atoms with Gasteiger partial charge in [0.1, 0.15) is 45.5 Å². The van der Waals surface area contributed by atoms with E-state index in [1.807, 2.05) is 10.6 Å². The number of hydrogen-bond donors (Lipinski definition) is 6. The predicted octanol–water partition coefficient (Wildman–Crippen LogP) is 17.2. The fourth-order valence-corrected chi connectivity index (χ4v) is 7.27. The molecule has 0 heterocycles. The summed E-state index contributed by atoms with van der Waals surface area (Å²) in [5.41, 5.74) is -9.17. The largest absolute Gasteiger partial charge is 0.506 e. The van der Waals surface area contributed by atoms with Crippen LogP contribution in [0.15, 0.2) is 133 Å². The molecule has 8 aromatic rings. The van der Waals surface area contributed by atoms with Crippen molar-refractivity contribution in [3.63, 3.8) is 0 Å². The second kappa shape index (κ2) is 29.3. The monoisotopic (exact) mass is 1240 g/mol. The van der Waals surface area contributed by atoms with E-state index in [1.54, 1.807) is 0 Å². The smallest absolute Gasteiger partial charge is 0.261 e. The van der Waals surface area contributed by atoms with Crippen LogP contribution in [0.1, 0.15) is 67.9 Å². The lowest BCUT2D eigenvalue weighted by molar-refractivity contribution is 0.100. The summed E-state index contributed by atoms with van der Waals surface area (Å²) in [7, 11) is 0. The van der Waals surface area contributed by atoms with Gasteiger partial charge in [0.25, 0.3) is 11.8 Å². The molecule has 6 N–H and O–H groups in total. The van der Waals surface area contributed by atoms with E-state index in [0.717, 1.165) is 0 Å². The van der Waals surface area contributed by atoms with E-state index in [0.29, 0.717) is 24.6 Å². The summed E-state index contributed by atoms with van der Waals surface area (Å²) in [6.07, 6.45) is 2.51. The van der Waals surface area contributed by atoms with Crippen LogP contribution >= 0.6 is 0 Å². The van der Waals surface area contributed by atoms with Crippen molar-refractivity contribution in [1.82, 2.24) is 0 Å². The molecular weight excluding hydrogens is 1200 g/mol. The fraction of sp³-hybridized carbons (Fsp3) is 0.0323. The highest BCUT2D eigenvalue weighted by Crippen LogP contribution is 2.34. The molecule has 0 fully saturated rings. The van der Waals surface area contributed by atoms with Gasteiger partial charge >= 0.3 is 0 Å². The Bertz CT molecular complexity index is 4060. The minimum Gasteiger partial charge on any atom is -0.506 e. The lowest BCUT2D eigenvalue weighted by Gasteiger charge is -2.12. The number of aliphatic imine (C=N–C) groups is 2. The van der Waals surface area contributed by atoms with Crippen LogP contribution in [0.25, 0.3) is 23.3 Å². The van der Waals surface area contributed by atoms with Crippen LogP contribution in [-0.4, -0.2) is 44.7 Å². The van der Waals surface area contributed by atoms with Crippen molar-refractivity contribution in [3.05, 3.63) is 261 Å². The number of carbonyl (C=O) groups excluding carboxylic acids is 2. The molecule has 2 amide bonds. The number of halogens is 16. The summed E-state index contributed by atoms with van der Waals surface area (Å²) in [6, 6.07) is 22.2. The Morgan fingerprint density at radius 1 is 0.352 bits per heavy atom. The third kappa shape index (κ3) is 14.8. The SMILES string of the molecule is C=C(C)c1c(F)c(F)c(C(=O)Nc2ccccc2O)c(F)c1F.C=C(C)c1c(F)c(F)c(C=Nc2ccccc2O)c(F)c1F.C=Cc1c(F)c(F)c(C(=O)Nc2ccccc2O)c(F)c1F.C=Cc1c(F)c(F)c(C=Nc2ccccc2O)c(F)c1F. The number of rotatable bonds is 12. The van der Waals surface area contributed by atoms with Crippen LogP contribution in [0, 0.1) is 93.1 Å². The minimum absolute atomic E-state index is 0.00455. The molecule has 0 saturated heterocycles. The number of allylic oxidation sites excluding steroid dienone is 2. The molecule has 88 heavy (non-hydrogen) atoms. The van der Waals surface area contributed by atoms with Crippen molar-refractivity contribution >= 4 is 70.3 Å². The van der Waals surface area contributed by atoms with Crippen LogP contribution in [0.4, 0.5) is 93.0 Å². The first-order valence-electron chi connectivity index (χ1n) is 24.3. The van der Waals surface area contributed by atoms with Crippen molar-refractivity contribution in [2.45, 2.75) is 13.8 Å². The first kappa shape index (κ1) is 67.9. The lowest BCUT2D eigenvalue weighted by Crippen LogP contribution is -2.19. The van der Waals surface area contributed by atoms with Crippen LogP contribution in [0.5, 0.6) is 23.0 Å². The zero-order valence-corrected chi connectivity index (χ0v) is 44.9. The van der Waals surface area contributed by atoms with E-state index in [1.165, 1.54) is 111 Å². The van der Waals surface area contributed by atoms with Gasteiger partial charge in [0.05, 0.1) is 44.8 Å². The standard InChI is InChI=1S/C16H11F4NO2.C16H11F4NO.C15H9F4NO2.C15H9F4NO/c1-7(2)10-12(17)14(19)11(15(20)13(10)18)16(23)21-8-5-3-4-6-9(8)22;1-8(2)12-15(19)13(17)9(14(18)16(12)20)7-21-10-5-3-4-6-11(10)22;1-2-7-11(16)13(18)10(14(19)12(7)17)15(22)20-8-5-3-4-6-9(8)21;1-2-8-12(16)14(18)9(15(19)13(8)17)7-20-10-5-3-4-6-11(10)21/h3-6,22H,1H2,2H3,(H,21,23);3-7,22H,1H2,2H3;2-6,21H,1H2,(H,20,22);2-7,21H,1H2. The molecule has 0 aliphatic rings. The summed E-state index contributed by atoms with van der Waals surface area (Å²) in [5, 5.41) is 41.9. The number of phenols is 4. The Labute approximate surface area is 487 Å². The third-order valence-electron chi connectivity index (χ3n) is 11.6. The number of para-hydroxylation sites is 8. The van der Waals surface area contributed by atoms with Crippen LogP contribution in [0.3, 0.4) is 0 Å². The van der Waals surface area contributed by atoms with Gasteiger partial charge in [-0.3, -0.25) is 19.6 Å². The van der Waals surface area contributed by atoms with Crippen molar-refractivity contribution in [2.24, 2.45) is 9.98 Å². The number of anilines is 2. The summed E-state index contributed by atoms with van der Waals surface area (Å²) < 4.78 is 220. The number of nitrogens with one attached hydrogen (secondary N) is 2. The molecule has 0 spiro atoms. The van der Waals surface area contributed by atoms with Gasteiger partial charge < -0.3 is 31.1 Å². The van der Waals surface area contributed by atoms with E-state index in [-0.39, 0.29) is 56.9 Å². The minimum atomic E-state index is -1.85. The number of nitrogens with zero attached hydrogens (tertiary/aromatic N) is 2. The van der Waals surface area contributed by atoms with Crippen molar-refractivity contribution in [2.75, 3.05) is 10.6 Å². The highest BCUT2D eigenvalue weighted by Gasteiger charge is 2.32. The number of hydrogen-bond acceptors (Lipinski definition) is 8. The summed E-state index contributed by atoms with van der Waals surface area (Å²) >= 11 is 0. The van der Waals surface area contributed by atoms with Gasteiger partial charge in [0.15, 0.2) is 93.1 Å². The van der Waals surface area contributed by atoms with E-state index < -0.39 is 149 Å². The molecule has 0 bridgehead atoms. The van der Waals surface area contributed by atoms with Gasteiger partial charge in [-0.25, -0.2) is 70.2 Å². The first-order valence-corrected chi connectivity index (χ1v) is 24.3. The Hall–Kier alpha value is -10.9. The van der Waals surface area contributed by atoms with Crippen LogP contribution in [-0.2, 0) is 0 Å². The van der Waals surface area contributed by atoms with E-state index in [4.69, 9.17) is 0 Å². The van der Waals surface area contributed by atoms with Gasteiger partial charge in [0.2, 0.25) is 0 Å². The third-order valence-corrected chi connectivity index (χ3v) is 11.6. The molecule has 0 saturated carbocycles. The topological polar surface area (TPSA) is 164 Å². The molecule has 0 radical (unpaired) electrons. The number of benzene rings is 8. The Kier molecular flexibility index (Phi) is 22.6. The highest BCUT2D eigenvalue weighted by molar-refractivity contribution is 6.06. The molecule has 26 heteroatoms.